The number of fused-ring (bicyclic) bond motifs is 3. The lowest BCUT2D eigenvalue weighted by molar-refractivity contribution is 0.0319. The third-order valence-electron chi connectivity index (χ3n) is 6.04. The molecule has 0 saturated carbocycles. The lowest BCUT2D eigenvalue weighted by Gasteiger charge is -2.20. The summed E-state index contributed by atoms with van der Waals surface area (Å²) in [6, 6.07) is 16.6. The molecule has 1 aliphatic rings. The van der Waals surface area contributed by atoms with Gasteiger partial charge in [-0.05, 0) is 32.0 Å². The van der Waals surface area contributed by atoms with Gasteiger partial charge in [-0.15, -0.1) is 0 Å². The normalized spacial score (nSPS) is 13.4. The number of rotatable bonds is 4. The molecule has 0 aliphatic heterocycles. The number of aromatic nitrogens is 1. The van der Waals surface area contributed by atoms with Crippen LogP contribution >= 0.6 is 11.6 Å². The van der Waals surface area contributed by atoms with Gasteiger partial charge in [-0.2, -0.15) is 0 Å². The first kappa shape index (κ1) is 21.8. The van der Waals surface area contributed by atoms with Crippen LogP contribution in [-0.4, -0.2) is 34.4 Å². The van der Waals surface area contributed by atoms with Crippen molar-refractivity contribution in [1.82, 2.24) is 4.98 Å². The zero-order valence-corrected chi connectivity index (χ0v) is 19.0. The van der Waals surface area contributed by atoms with Crippen LogP contribution in [0.2, 0.25) is 5.02 Å². The molecule has 34 heavy (non-hydrogen) atoms. The van der Waals surface area contributed by atoms with Gasteiger partial charge >= 0.3 is 5.97 Å². The summed E-state index contributed by atoms with van der Waals surface area (Å²) in [5.74, 6) is -2.00. The smallest absolute Gasteiger partial charge is 0.340 e. The number of ether oxygens (including phenoxy) is 1. The summed E-state index contributed by atoms with van der Waals surface area (Å²) < 4.78 is 5.45. The number of nitrogens with one attached hydrogen (secondary N) is 1. The van der Waals surface area contributed by atoms with E-state index in [2.05, 4.69) is 4.98 Å². The predicted octanol–water partition coefficient (Wildman–Crippen LogP) is 5.33. The zero-order valence-electron chi connectivity index (χ0n) is 18.3. The largest absolute Gasteiger partial charge is 0.451 e. The Kier molecular flexibility index (Phi) is 5.18. The first-order valence-electron chi connectivity index (χ1n) is 10.6. The highest BCUT2D eigenvalue weighted by Crippen LogP contribution is 2.34. The van der Waals surface area contributed by atoms with Crippen LogP contribution in [0.25, 0.3) is 10.9 Å². The molecule has 1 unspecified atom stereocenters. The average Bonchev–Trinajstić information content (AvgIpc) is 3.17. The van der Waals surface area contributed by atoms with Crippen molar-refractivity contribution in [2.24, 2.45) is 0 Å². The van der Waals surface area contributed by atoms with E-state index in [0.717, 1.165) is 10.9 Å². The summed E-state index contributed by atoms with van der Waals surface area (Å²) in [5.41, 5.74) is 2.45. The molecule has 1 aromatic heterocycles. The number of hydrogen-bond acceptors (Lipinski definition) is 5. The van der Waals surface area contributed by atoms with Crippen LogP contribution in [0.1, 0.15) is 65.2 Å². The number of esters is 1. The molecule has 0 spiro atoms. The summed E-state index contributed by atoms with van der Waals surface area (Å²) >= 11 is 6.45. The molecule has 6 nitrogen and oxygen atoms in total. The van der Waals surface area contributed by atoms with E-state index in [1.807, 2.05) is 24.3 Å². The highest BCUT2D eigenvalue weighted by atomic mass is 35.5. The van der Waals surface area contributed by atoms with E-state index in [-0.39, 0.29) is 38.8 Å². The van der Waals surface area contributed by atoms with Crippen LogP contribution < -0.4 is 0 Å². The van der Waals surface area contributed by atoms with Crippen molar-refractivity contribution in [2.75, 3.05) is 0 Å². The van der Waals surface area contributed by atoms with E-state index >= 15 is 0 Å². The molecule has 1 N–H and O–H groups in total. The average molecular weight is 472 g/mol. The first-order chi connectivity index (χ1) is 16.3. The Bertz CT molecular complexity index is 1550. The van der Waals surface area contributed by atoms with Crippen LogP contribution in [-0.2, 0) is 4.74 Å². The maximum absolute atomic E-state index is 13.1. The number of carbonyl (C=O) groups excluding carboxylic acids is 4. The fourth-order valence-corrected chi connectivity index (χ4v) is 4.71. The Labute approximate surface area is 199 Å². The van der Waals surface area contributed by atoms with E-state index in [9.17, 15) is 19.2 Å². The monoisotopic (exact) mass is 471 g/mol. The number of Topliss-reactive ketones (excluding diaryl/α,β-unsaturated/α-hetero) is 1. The van der Waals surface area contributed by atoms with Crippen molar-refractivity contribution in [1.29, 1.82) is 0 Å². The fourth-order valence-electron chi connectivity index (χ4n) is 4.38. The minimum Gasteiger partial charge on any atom is -0.451 e. The first-order valence-corrected chi connectivity index (χ1v) is 11.0. The van der Waals surface area contributed by atoms with E-state index in [0.29, 0.717) is 16.8 Å². The molecule has 0 amide bonds. The second kappa shape index (κ2) is 8.08. The van der Waals surface area contributed by atoms with Gasteiger partial charge in [-0.3, -0.25) is 14.4 Å². The van der Waals surface area contributed by atoms with Gasteiger partial charge < -0.3 is 9.72 Å². The van der Waals surface area contributed by atoms with Crippen LogP contribution in [0, 0.1) is 6.92 Å². The molecule has 4 aromatic rings. The van der Waals surface area contributed by atoms with Crippen molar-refractivity contribution in [3.05, 3.63) is 105 Å². The van der Waals surface area contributed by atoms with Crippen molar-refractivity contribution < 1.29 is 23.9 Å². The maximum atomic E-state index is 13.1. The van der Waals surface area contributed by atoms with Crippen LogP contribution in [0.4, 0.5) is 0 Å². The number of para-hydroxylation sites is 1. The van der Waals surface area contributed by atoms with E-state index in [4.69, 9.17) is 16.3 Å². The highest BCUT2D eigenvalue weighted by molar-refractivity contribution is 6.41. The van der Waals surface area contributed by atoms with Gasteiger partial charge in [0.05, 0.1) is 16.1 Å². The quantitative estimate of drug-likeness (QED) is 0.282. The van der Waals surface area contributed by atoms with Crippen LogP contribution in [0.5, 0.6) is 0 Å². The number of halogens is 1. The molecule has 0 saturated heterocycles. The van der Waals surface area contributed by atoms with Crippen LogP contribution in [0.15, 0.2) is 60.7 Å². The minimum atomic E-state index is -1.10. The van der Waals surface area contributed by atoms with Gasteiger partial charge in [0.15, 0.2) is 17.7 Å². The second-order valence-corrected chi connectivity index (χ2v) is 8.51. The lowest BCUT2D eigenvalue weighted by atomic mass is 9.83. The van der Waals surface area contributed by atoms with E-state index in [1.165, 1.54) is 19.1 Å². The summed E-state index contributed by atoms with van der Waals surface area (Å²) in [7, 11) is 0. The Morgan fingerprint density at radius 2 is 1.53 bits per heavy atom. The van der Waals surface area contributed by atoms with Crippen LogP contribution in [0.3, 0.4) is 0 Å². The molecule has 3 aromatic carbocycles. The van der Waals surface area contributed by atoms with Crippen molar-refractivity contribution in [3.8, 4) is 0 Å². The minimum absolute atomic E-state index is 0.0359. The molecule has 0 bridgehead atoms. The van der Waals surface area contributed by atoms with Crippen molar-refractivity contribution in [3.63, 3.8) is 0 Å². The van der Waals surface area contributed by atoms with Crippen molar-refractivity contribution >= 4 is 45.8 Å². The van der Waals surface area contributed by atoms with E-state index < -0.39 is 17.9 Å². The zero-order chi connectivity index (χ0) is 24.1. The summed E-state index contributed by atoms with van der Waals surface area (Å²) in [4.78, 5) is 55.1. The number of H-pyrrole nitrogens is 1. The molecule has 1 heterocycles. The molecule has 168 valence electrons. The third-order valence-corrected chi connectivity index (χ3v) is 6.44. The number of hydrogen-bond donors (Lipinski definition) is 1. The molecule has 0 radical (unpaired) electrons. The Morgan fingerprint density at radius 1 is 0.882 bits per heavy atom. The molecule has 0 fully saturated rings. The van der Waals surface area contributed by atoms with Gasteiger partial charge in [0.2, 0.25) is 5.78 Å². The Hall–Kier alpha value is -4.03. The summed E-state index contributed by atoms with van der Waals surface area (Å²) in [6.45, 7) is 3.27. The predicted molar refractivity (Wildman–Crippen MR) is 127 cm³/mol. The molecular formula is C27H18ClNO5. The fraction of sp³-hybridized carbons (Fsp3) is 0.111. The number of ketones is 3. The van der Waals surface area contributed by atoms with E-state index in [1.54, 1.807) is 31.2 Å². The van der Waals surface area contributed by atoms with Gasteiger partial charge in [0.25, 0.3) is 0 Å². The molecule has 1 atom stereocenters. The molecule has 5 rings (SSSR count). The summed E-state index contributed by atoms with van der Waals surface area (Å²) in [6.07, 6.45) is -1.10. The standard InChI is InChI=1S/C27H18ClNO5/c1-13-21(17-9-5-6-10-20(17)29-13)24(30)14(2)34-27(33)19-12-11-18-22(23(19)28)26(32)16-8-4-3-7-15(16)25(18)31/h3-12,14,29H,1-2H3. The SMILES string of the molecule is Cc1[nH]c2ccccc2c1C(=O)C(C)OC(=O)c1ccc2c(c1Cl)C(=O)c1ccccc1C2=O. The number of aromatic amines is 1. The van der Waals surface area contributed by atoms with Gasteiger partial charge in [0, 0.05) is 38.9 Å². The maximum Gasteiger partial charge on any atom is 0.340 e. The molecular weight excluding hydrogens is 454 g/mol. The van der Waals surface area contributed by atoms with Crippen molar-refractivity contribution in [2.45, 2.75) is 20.0 Å². The number of carbonyl (C=O) groups is 4. The van der Waals surface area contributed by atoms with Gasteiger partial charge in [0.1, 0.15) is 0 Å². The Morgan fingerprint density at radius 3 is 2.26 bits per heavy atom. The molecule has 1 aliphatic carbocycles. The second-order valence-electron chi connectivity index (χ2n) is 8.14. The number of aryl methyl sites for hydroxylation is 1. The summed E-state index contributed by atoms with van der Waals surface area (Å²) in [5, 5.41) is 0.570. The van der Waals surface area contributed by atoms with Gasteiger partial charge in [-0.1, -0.05) is 54.1 Å². The Balaban J connectivity index is 1.46. The molecule has 7 heteroatoms. The highest BCUT2D eigenvalue weighted by Gasteiger charge is 2.34. The lowest BCUT2D eigenvalue weighted by Crippen LogP contribution is -2.26. The topological polar surface area (TPSA) is 93.3 Å². The van der Waals surface area contributed by atoms with Gasteiger partial charge in [-0.25, -0.2) is 4.79 Å². The number of benzene rings is 3. The third kappa shape index (κ3) is 3.26.